The Morgan fingerprint density at radius 1 is 1.35 bits per heavy atom. The van der Waals surface area contributed by atoms with Crippen LogP contribution in [0.3, 0.4) is 0 Å². The fraction of sp³-hybridized carbons (Fsp3) is 0.609. The number of nitro groups is 1. The zero-order chi connectivity index (χ0) is 24.6. The van der Waals surface area contributed by atoms with E-state index in [2.05, 4.69) is 4.98 Å². The minimum Gasteiger partial charge on any atom is -0.437 e. The summed E-state index contributed by atoms with van der Waals surface area (Å²) in [7, 11) is 0. The highest BCUT2D eigenvalue weighted by atomic mass is 32.1. The molecule has 11 heteroatoms. The van der Waals surface area contributed by atoms with E-state index >= 15 is 0 Å². The SMILES string of the molecule is C/C(=C\c1ncc(-c2csc([N+](=O)[O-])c2)o1)C[C@@H]1OC[C@H](C[C@@H]2O[C@H]2[C@@H](C)[C@H](C)O)[C@@H](O)[C@H]1O. The molecule has 186 valence electrons. The Bertz CT molecular complexity index is 1030. The van der Waals surface area contributed by atoms with E-state index in [4.69, 9.17) is 13.9 Å². The lowest BCUT2D eigenvalue weighted by atomic mass is 9.85. The van der Waals surface area contributed by atoms with E-state index < -0.39 is 29.3 Å². The number of ether oxygens (including phenoxy) is 2. The number of nitrogens with zero attached hydrogens (tertiary/aromatic N) is 2. The Labute approximate surface area is 201 Å². The summed E-state index contributed by atoms with van der Waals surface area (Å²) in [6.45, 7) is 5.84. The van der Waals surface area contributed by atoms with Gasteiger partial charge in [0.15, 0.2) is 5.76 Å². The maximum absolute atomic E-state index is 10.9. The van der Waals surface area contributed by atoms with Crippen molar-refractivity contribution in [1.82, 2.24) is 4.98 Å². The summed E-state index contributed by atoms with van der Waals surface area (Å²) >= 11 is 1.02. The minimum atomic E-state index is -1.04. The van der Waals surface area contributed by atoms with E-state index in [-0.39, 0.29) is 29.0 Å². The molecular formula is C23H30N2O8S. The van der Waals surface area contributed by atoms with Crippen LogP contribution < -0.4 is 0 Å². The van der Waals surface area contributed by atoms with Crippen molar-refractivity contribution in [3.8, 4) is 11.3 Å². The quantitative estimate of drug-likeness (QED) is 0.271. The number of rotatable bonds is 9. The fourth-order valence-corrected chi connectivity index (χ4v) is 5.05. The van der Waals surface area contributed by atoms with Gasteiger partial charge in [-0.05, 0) is 32.8 Å². The maximum atomic E-state index is 10.9. The maximum Gasteiger partial charge on any atom is 0.324 e. The molecule has 4 rings (SSSR count). The Kier molecular flexibility index (Phi) is 7.51. The molecule has 0 amide bonds. The van der Waals surface area contributed by atoms with Gasteiger partial charge in [-0.3, -0.25) is 10.1 Å². The van der Waals surface area contributed by atoms with Gasteiger partial charge in [0.05, 0.1) is 48.2 Å². The molecule has 0 saturated carbocycles. The number of hydrogen-bond acceptors (Lipinski definition) is 10. The van der Waals surface area contributed by atoms with Crippen molar-refractivity contribution in [1.29, 1.82) is 0 Å². The van der Waals surface area contributed by atoms with Crippen LogP contribution in [0.1, 0.15) is 39.5 Å². The average Bonchev–Trinajstić information content (AvgIpc) is 3.15. The lowest BCUT2D eigenvalue weighted by Gasteiger charge is -2.38. The van der Waals surface area contributed by atoms with E-state index in [1.807, 2.05) is 13.8 Å². The number of oxazole rings is 1. The minimum absolute atomic E-state index is 0.0164. The highest BCUT2D eigenvalue weighted by Crippen LogP contribution is 2.38. The van der Waals surface area contributed by atoms with Crippen LogP contribution in [0.2, 0.25) is 0 Å². The lowest BCUT2D eigenvalue weighted by molar-refractivity contribution is -0.380. The molecule has 2 aliphatic heterocycles. The smallest absolute Gasteiger partial charge is 0.324 e. The van der Waals surface area contributed by atoms with Crippen LogP contribution in [0.15, 0.2) is 27.6 Å². The highest BCUT2D eigenvalue weighted by Gasteiger charge is 2.48. The molecule has 0 aliphatic carbocycles. The van der Waals surface area contributed by atoms with Crippen LogP contribution in [0, 0.1) is 22.0 Å². The van der Waals surface area contributed by atoms with E-state index in [9.17, 15) is 25.4 Å². The molecule has 0 unspecified atom stereocenters. The number of thiophene rings is 1. The van der Waals surface area contributed by atoms with Crippen LogP contribution in [0.5, 0.6) is 0 Å². The summed E-state index contributed by atoms with van der Waals surface area (Å²) < 4.78 is 17.2. The topological polar surface area (TPSA) is 152 Å². The molecule has 0 spiro atoms. The van der Waals surface area contributed by atoms with Crippen molar-refractivity contribution in [2.24, 2.45) is 11.8 Å². The Hall–Kier alpha value is -2.15. The molecule has 2 aromatic rings. The normalized spacial score (nSPS) is 31.3. The summed E-state index contributed by atoms with van der Waals surface area (Å²) in [6, 6.07) is 1.44. The Balaban J connectivity index is 1.31. The van der Waals surface area contributed by atoms with Gasteiger partial charge in [0.25, 0.3) is 0 Å². The van der Waals surface area contributed by atoms with Crippen molar-refractivity contribution in [3.05, 3.63) is 39.2 Å². The molecule has 0 radical (unpaired) electrons. The molecule has 0 aromatic carbocycles. The molecule has 2 saturated heterocycles. The first-order chi connectivity index (χ1) is 16.1. The van der Waals surface area contributed by atoms with Gasteiger partial charge in [0.2, 0.25) is 5.89 Å². The lowest BCUT2D eigenvalue weighted by Crippen LogP contribution is -2.50. The van der Waals surface area contributed by atoms with Crippen LogP contribution in [-0.4, -0.2) is 68.5 Å². The number of hydrogen-bond donors (Lipinski definition) is 3. The first-order valence-electron chi connectivity index (χ1n) is 11.3. The third-order valence-electron chi connectivity index (χ3n) is 6.64. The predicted molar refractivity (Wildman–Crippen MR) is 124 cm³/mol. The summed E-state index contributed by atoms with van der Waals surface area (Å²) in [6.07, 6.45) is 1.12. The summed E-state index contributed by atoms with van der Waals surface area (Å²) in [5, 5.41) is 43.6. The van der Waals surface area contributed by atoms with E-state index in [0.717, 1.165) is 16.9 Å². The third-order valence-corrected chi connectivity index (χ3v) is 7.52. The fourth-order valence-electron chi connectivity index (χ4n) is 4.34. The zero-order valence-electron chi connectivity index (χ0n) is 19.2. The molecule has 2 fully saturated rings. The molecule has 8 atom stereocenters. The molecule has 34 heavy (non-hydrogen) atoms. The van der Waals surface area contributed by atoms with E-state index in [1.165, 1.54) is 12.3 Å². The van der Waals surface area contributed by atoms with Crippen LogP contribution >= 0.6 is 11.3 Å². The summed E-state index contributed by atoms with van der Waals surface area (Å²) in [5.74, 6) is 0.550. The largest absolute Gasteiger partial charge is 0.437 e. The van der Waals surface area contributed by atoms with E-state index in [1.54, 1.807) is 18.4 Å². The number of epoxide rings is 1. The average molecular weight is 495 g/mol. The molecule has 4 heterocycles. The molecule has 0 bridgehead atoms. The molecule has 3 N–H and O–H groups in total. The molecule has 2 aromatic heterocycles. The number of aliphatic hydroxyl groups excluding tert-OH is 3. The Morgan fingerprint density at radius 3 is 2.79 bits per heavy atom. The summed E-state index contributed by atoms with van der Waals surface area (Å²) in [4.78, 5) is 14.6. The van der Waals surface area contributed by atoms with Gasteiger partial charge < -0.3 is 29.2 Å². The van der Waals surface area contributed by atoms with Gasteiger partial charge in [-0.1, -0.05) is 23.8 Å². The van der Waals surface area contributed by atoms with Gasteiger partial charge >= 0.3 is 5.00 Å². The zero-order valence-corrected chi connectivity index (χ0v) is 20.1. The second kappa shape index (κ2) is 10.2. The van der Waals surface area contributed by atoms with Gasteiger partial charge in [0.1, 0.15) is 6.10 Å². The standard InChI is InChI=1S/C23H30N2O8S/c1-11(5-19-24-8-18(32-19)15-7-20(25(29)30)34-10-15)4-16-22(28)21(27)14(9-31-16)6-17-23(33-17)12(2)13(3)26/h5,7-8,10,12-14,16-17,21-23,26-28H,4,6,9H2,1-3H3/b11-5+/t12-,13-,14-,16-,17-,21+,22-,23-/m0/s1. The second-order valence-corrected chi connectivity index (χ2v) is 10.2. The monoisotopic (exact) mass is 494 g/mol. The van der Waals surface area contributed by atoms with Gasteiger partial charge in [-0.25, -0.2) is 4.98 Å². The Morgan fingerprint density at radius 2 is 2.12 bits per heavy atom. The summed E-state index contributed by atoms with van der Waals surface area (Å²) in [5.41, 5.74) is 1.43. The van der Waals surface area contributed by atoms with Crippen LogP contribution in [-0.2, 0) is 9.47 Å². The molecule has 10 nitrogen and oxygen atoms in total. The van der Waals surface area contributed by atoms with Gasteiger partial charge in [0, 0.05) is 28.8 Å². The van der Waals surface area contributed by atoms with Crippen molar-refractivity contribution >= 4 is 22.4 Å². The second-order valence-electron chi connectivity index (χ2n) is 9.28. The first-order valence-corrected chi connectivity index (χ1v) is 12.2. The van der Waals surface area contributed by atoms with Crippen LogP contribution in [0.25, 0.3) is 17.4 Å². The van der Waals surface area contributed by atoms with E-state index in [0.29, 0.717) is 36.7 Å². The highest BCUT2D eigenvalue weighted by molar-refractivity contribution is 7.13. The van der Waals surface area contributed by atoms with Crippen molar-refractivity contribution in [2.75, 3.05) is 6.61 Å². The van der Waals surface area contributed by atoms with Crippen molar-refractivity contribution in [3.63, 3.8) is 0 Å². The molecule has 2 aliphatic rings. The van der Waals surface area contributed by atoms with Crippen molar-refractivity contribution in [2.45, 2.75) is 70.2 Å². The number of aromatic nitrogens is 1. The number of aliphatic hydroxyl groups is 3. The molecular weight excluding hydrogens is 464 g/mol. The third kappa shape index (κ3) is 5.56. The predicted octanol–water partition coefficient (Wildman–Crippen LogP) is 3.02. The van der Waals surface area contributed by atoms with Crippen molar-refractivity contribution < 1.29 is 34.1 Å². The first kappa shape index (κ1) is 25.0. The van der Waals surface area contributed by atoms with Gasteiger partial charge in [-0.15, -0.1) is 0 Å². The van der Waals surface area contributed by atoms with Crippen LogP contribution in [0.4, 0.5) is 5.00 Å². The van der Waals surface area contributed by atoms with Gasteiger partial charge in [-0.2, -0.15) is 0 Å².